The summed E-state index contributed by atoms with van der Waals surface area (Å²) in [4.78, 5) is 14.8. The summed E-state index contributed by atoms with van der Waals surface area (Å²) in [5, 5.41) is 12.4. The first-order chi connectivity index (χ1) is 9.77. The molecule has 2 aromatic heterocycles. The van der Waals surface area contributed by atoms with E-state index in [0.717, 1.165) is 0 Å². The number of hydrogen-bond donors (Lipinski definition) is 1. The van der Waals surface area contributed by atoms with Gasteiger partial charge in [0.25, 0.3) is 0 Å². The van der Waals surface area contributed by atoms with Gasteiger partial charge in [-0.25, -0.2) is 14.5 Å². The van der Waals surface area contributed by atoms with E-state index in [9.17, 15) is 18.0 Å². The van der Waals surface area contributed by atoms with Crippen LogP contribution < -0.4 is 4.74 Å². The number of nitrogens with zero attached hydrogens (tertiary/aromatic N) is 3. The Labute approximate surface area is 116 Å². The molecule has 112 valence electrons. The monoisotopic (exact) mass is 301 g/mol. The lowest BCUT2D eigenvalue weighted by molar-refractivity contribution is -0.143. The molecule has 0 unspecified atom stereocenters. The van der Waals surface area contributed by atoms with Crippen LogP contribution in [-0.4, -0.2) is 33.0 Å². The van der Waals surface area contributed by atoms with E-state index in [2.05, 4.69) is 10.1 Å². The maximum atomic E-state index is 13.1. The van der Waals surface area contributed by atoms with Crippen LogP contribution in [-0.2, 0) is 6.18 Å². The molecule has 0 radical (unpaired) electrons. The van der Waals surface area contributed by atoms with Gasteiger partial charge in [0.1, 0.15) is 5.56 Å². The summed E-state index contributed by atoms with van der Waals surface area (Å²) < 4.78 is 44.9. The summed E-state index contributed by atoms with van der Waals surface area (Å²) in [6.07, 6.45) is -2.95. The number of hydrogen-bond acceptors (Lipinski definition) is 4. The van der Waals surface area contributed by atoms with Gasteiger partial charge < -0.3 is 9.84 Å². The lowest BCUT2D eigenvalue weighted by atomic mass is 10.2. The van der Waals surface area contributed by atoms with Crippen molar-refractivity contribution in [1.29, 1.82) is 0 Å². The van der Waals surface area contributed by atoms with E-state index < -0.39 is 23.4 Å². The van der Waals surface area contributed by atoms with Crippen molar-refractivity contribution in [3.63, 3.8) is 0 Å². The summed E-state index contributed by atoms with van der Waals surface area (Å²) in [6.45, 7) is 1.50. The smallest absolute Gasteiger partial charge is 0.434 e. The molecule has 0 saturated carbocycles. The van der Waals surface area contributed by atoms with Gasteiger partial charge in [-0.3, -0.25) is 0 Å². The minimum absolute atomic E-state index is 0.0432. The second-order valence-corrected chi connectivity index (χ2v) is 4.09. The van der Waals surface area contributed by atoms with Crippen molar-refractivity contribution in [2.24, 2.45) is 0 Å². The van der Waals surface area contributed by atoms with Gasteiger partial charge in [-0.2, -0.15) is 18.3 Å². The van der Waals surface area contributed by atoms with Gasteiger partial charge >= 0.3 is 12.1 Å². The molecule has 21 heavy (non-hydrogen) atoms. The fourth-order valence-corrected chi connectivity index (χ4v) is 1.90. The first kappa shape index (κ1) is 14.8. The zero-order valence-corrected chi connectivity index (χ0v) is 11.0. The Morgan fingerprint density at radius 3 is 2.62 bits per heavy atom. The molecule has 0 aliphatic carbocycles. The van der Waals surface area contributed by atoms with E-state index in [0.29, 0.717) is 16.4 Å². The molecule has 0 fully saturated rings. The van der Waals surface area contributed by atoms with Crippen LogP contribution in [0.5, 0.6) is 5.88 Å². The summed E-state index contributed by atoms with van der Waals surface area (Å²) in [5.41, 5.74) is -1.92. The highest BCUT2D eigenvalue weighted by molar-refractivity contribution is 5.89. The third kappa shape index (κ3) is 2.54. The highest BCUT2D eigenvalue weighted by Gasteiger charge is 2.41. The fourth-order valence-electron chi connectivity index (χ4n) is 1.90. The first-order valence-electron chi connectivity index (χ1n) is 5.65. The summed E-state index contributed by atoms with van der Waals surface area (Å²) in [7, 11) is 1.33. The van der Waals surface area contributed by atoms with Gasteiger partial charge in [0.15, 0.2) is 5.69 Å². The molecule has 1 N–H and O–H groups in total. The number of rotatable bonds is 3. The Balaban J connectivity index is 2.74. The number of carboxylic acids is 1. The van der Waals surface area contributed by atoms with Gasteiger partial charge in [0.2, 0.25) is 5.88 Å². The molecule has 2 aromatic rings. The number of ether oxygens (including phenoxy) is 1. The van der Waals surface area contributed by atoms with Crippen molar-refractivity contribution in [1.82, 2.24) is 14.8 Å². The van der Waals surface area contributed by atoms with E-state index >= 15 is 0 Å². The number of halogens is 3. The molecule has 0 aliphatic heterocycles. The zero-order chi connectivity index (χ0) is 15.8. The van der Waals surface area contributed by atoms with E-state index in [4.69, 9.17) is 9.84 Å². The number of carboxylic acid groups (broad SMARTS) is 1. The maximum Gasteiger partial charge on any atom is 0.434 e. The zero-order valence-electron chi connectivity index (χ0n) is 11.0. The van der Waals surface area contributed by atoms with Gasteiger partial charge in [0, 0.05) is 11.8 Å². The van der Waals surface area contributed by atoms with Crippen molar-refractivity contribution < 1.29 is 27.8 Å². The van der Waals surface area contributed by atoms with E-state index in [1.807, 2.05) is 0 Å². The van der Waals surface area contributed by atoms with Crippen molar-refractivity contribution in [3.05, 3.63) is 35.3 Å². The predicted octanol–water partition coefficient (Wildman–Crippen LogP) is 2.30. The number of carbonyl (C=O) groups is 1. The molecule has 0 atom stereocenters. The molecular weight excluding hydrogens is 291 g/mol. The second kappa shape index (κ2) is 5.08. The average Bonchev–Trinajstić information content (AvgIpc) is 2.83. The van der Waals surface area contributed by atoms with Crippen LogP contribution in [0.3, 0.4) is 0 Å². The molecule has 0 aromatic carbocycles. The van der Waals surface area contributed by atoms with E-state index in [1.165, 1.54) is 26.3 Å². The quantitative estimate of drug-likeness (QED) is 0.941. The SMILES string of the molecule is COc1nccc(-n2ncc(C(=O)O)c2C(F)(F)F)c1C. The number of aromatic carboxylic acids is 1. The molecule has 9 heteroatoms. The average molecular weight is 301 g/mol. The summed E-state index contributed by atoms with van der Waals surface area (Å²) >= 11 is 0. The lowest BCUT2D eigenvalue weighted by Gasteiger charge is -2.14. The fraction of sp³-hybridized carbons (Fsp3) is 0.250. The summed E-state index contributed by atoms with van der Waals surface area (Å²) in [5.74, 6) is -1.57. The highest BCUT2D eigenvalue weighted by Crippen LogP contribution is 2.35. The van der Waals surface area contributed by atoms with Crippen LogP contribution in [0.25, 0.3) is 5.69 Å². The molecule has 0 aliphatic rings. The molecule has 6 nitrogen and oxygen atoms in total. The topological polar surface area (TPSA) is 77.2 Å². The third-order valence-electron chi connectivity index (χ3n) is 2.82. The van der Waals surface area contributed by atoms with E-state index in [-0.39, 0.29) is 11.6 Å². The number of pyridine rings is 1. The molecule has 0 saturated heterocycles. The minimum Gasteiger partial charge on any atom is -0.481 e. The highest BCUT2D eigenvalue weighted by atomic mass is 19.4. The van der Waals surface area contributed by atoms with E-state index in [1.54, 1.807) is 0 Å². The van der Waals surface area contributed by atoms with Crippen molar-refractivity contribution in [2.45, 2.75) is 13.1 Å². The Morgan fingerprint density at radius 2 is 2.10 bits per heavy atom. The van der Waals surface area contributed by atoms with Crippen molar-refractivity contribution in [2.75, 3.05) is 7.11 Å². The normalized spacial score (nSPS) is 11.5. The third-order valence-corrected chi connectivity index (χ3v) is 2.82. The van der Waals surface area contributed by atoms with Crippen LogP contribution in [0.15, 0.2) is 18.5 Å². The molecule has 2 heterocycles. The molecule has 0 spiro atoms. The van der Waals surface area contributed by atoms with Crippen LogP contribution in [0.2, 0.25) is 0 Å². The van der Waals surface area contributed by atoms with Gasteiger partial charge in [-0.1, -0.05) is 0 Å². The summed E-state index contributed by atoms with van der Waals surface area (Å²) in [6, 6.07) is 1.30. The van der Waals surface area contributed by atoms with Crippen LogP contribution in [0, 0.1) is 6.92 Å². The number of methoxy groups -OCH3 is 1. The molecule has 0 amide bonds. The standard InChI is InChI=1S/C12H10F3N3O3/c1-6-8(3-4-16-10(6)21-2)18-9(12(13,14)15)7(5-17-18)11(19)20/h3-5H,1-2H3,(H,19,20). The molecule has 0 bridgehead atoms. The van der Waals surface area contributed by atoms with Crippen molar-refractivity contribution in [3.8, 4) is 11.6 Å². The number of aromatic nitrogens is 3. The predicted molar refractivity (Wildman–Crippen MR) is 64.6 cm³/mol. The molecule has 2 rings (SSSR count). The van der Waals surface area contributed by atoms with Gasteiger partial charge in [-0.05, 0) is 13.0 Å². The second-order valence-electron chi connectivity index (χ2n) is 4.09. The van der Waals surface area contributed by atoms with Gasteiger partial charge in [0.05, 0.1) is 19.0 Å². The van der Waals surface area contributed by atoms with Crippen LogP contribution in [0.4, 0.5) is 13.2 Å². The Hall–Kier alpha value is -2.58. The Bertz CT molecular complexity index is 695. The van der Waals surface area contributed by atoms with Crippen LogP contribution >= 0.6 is 0 Å². The maximum absolute atomic E-state index is 13.1. The molecular formula is C12H10F3N3O3. The lowest BCUT2D eigenvalue weighted by Crippen LogP contribution is -2.18. The Morgan fingerprint density at radius 1 is 1.43 bits per heavy atom. The van der Waals surface area contributed by atoms with Crippen LogP contribution in [0.1, 0.15) is 21.6 Å². The van der Waals surface area contributed by atoms with Gasteiger partial charge in [-0.15, -0.1) is 0 Å². The first-order valence-corrected chi connectivity index (χ1v) is 5.65. The minimum atomic E-state index is -4.87. The number of alkyl halides is 3. The Kier molecular flexibility index (Phi) is 3.58. The van der Waals surface area contributed by atoms with Crippen molar-refractivity contribution >= 4 is 5.97 Å². The largest absolute Gasteiger partial charge is 0.481 e.